The van der Waals surface area contributed by atoms with Crippen molar-refractivity contribution in [3.05, 3.63) is 27.9 Å². The lowest BCUT2D eigenvalue weighted by atomic mass is 10.2. The maximum absolute atomic E-state index is 10.9. The van der Waals surface area contributed by atoms with Crippen LogP contribution in [0.1, 0.15) is 16.1 Å². The second-order valence-corrected chi connectivity index (χ2v) is 2.40. The molecule has 1 N–H and O–H groups in total. The summed E-state index contributed by atoms with van der Waals surface area (Å²) < 4.78 is 1.20. The molecule has 1 aromatic rings. The fourth-order valence-electron chi connectivity index (χ4n) is 0.834. The summed E-state index contributed by atoms with van der Waals surface area (Å²) in [5.41, 5.74) is 0.0112. The first-order valence-electron chi connectivity index (χ1n) is 3.30. The Hall–Kier alpha value is -1.65. The van der Waals surface area contributed by atoms with Crippen molar-refractivity contribution < 1.29 is 9.90 Å². The summed E-state index contributed by atoms with van der Waals surface area (Å²) in [5.74, 6) is -1.07. The Balaban J connectivity index is 3.47. The van der Waals surface area contributed by atoms with E-state index in [4.69, 9.17) is 5.11 Å². The lowest BCUT2D eigenvalue weighted by Gasteiger charge is -2.03. The molecule has 0 aliphatic carbocycles. The van der Waals surface area contributed by atoms with E-state index < -0.39 is 11.7 Å². The smallest absolute Gasteiger partial charge is 0.347 e. The number of aromatic carboxylic acids is 1. The molecule has 0 atom stereocenters. The molecule has 5 heteroatoms. The Labute approximate surface area is 68.3 Å². The highest BCUT2D eigenvalue weighted by atomic mass is 16.4. The van der Waals surface area contributed by atoms with Crippen molar-refractivity contribution in [1.29, 1.82) is 0 Å². The number of rotatable bonds is 1. The monoisotopic (exact) mass is 168 g/mol. The molecule has 0 amide bonds. The van der Waals surface area contributed by atoms with Gasteiger partial charge in [0.15, 0.2) is 0 Å². The highest BCUT2D eigenvalue weighted by molar-refractivity contribution is 5.88. The van der Waals surface area contributed by atoms with Crippen LogP contribution >= 0.6 is 0 Å². The van der Waals surface area contributed by atoms with E-state index in [0.29, 0.717) is 5.69 Å². The Bertz CT molecular complexity index is 381. The van der Waals surface area contributed by atoms with Crippen molar-refractivity contribution in [2.24, 2.45) is 7.05 Å². The number of hydrogen-bond acceptors (Lipinski definition) is 3. The van der Waals surface area contributed by atoms with Crippen LogP contribution in [0.2, 0.25) is 0 Å². The summed E-state index contributed by atoms with van der Waals surface area (Å²) in [7, 11) is 1.48. The number of carboxylic acid groups (broad SMARTS) is 1. The molecule has 0 bridgehead atoms. The van der Waals surface area contributed by atoms with Gasteiger partial charge in [0, 0.05) is 18.9 Å². The van der Waals surface area contributed by atoms with Gasteiger partial charge in [0.25, 0.3) is 0 Å². The van der Waals surface area contributed by atoms with Gasteiger partial charge in [-0.2, -0.15) is 0 Å². The second-order valence-electron chi connectivity index (χ2n) is 2.40. The molecule has 0 saturated carbocycles. The molecule has 0 aliphatic rings. The summed E-state index contributed by atoms with van der Waals surface area (Å²) in [6.45, 7) is 1.56. The summed E-state index contributed by atoms with van der Waals surface area (Å²) in [6, 6.07) is 0. The maximum atomic E-state index is 10.9. The fourth-order valence-corrected chi connectivity index (χ4v) is 0.834. The van der Waals surface area contributed by atoms with Crippen molar-refractivity contribution >= 4 is 5.97 Å². The highest BCUT2D eigenvalue weighted by Crippen LogP contribution is 2.00. The Morgan fingerprint density at radius 1 is 1.67 bits per heavy atom. The number of carbonyl (C=O) groups is 1. The van der Waals surface area contributed by atoms with Crippen LogP contribution < -0.4 is 5.69 Å². The average Bonchev–Trinajstić information content (AvgIpc) is 2.00. The van der Waals surface area contributed by atoms with Crippen molar-refractivity contribution in [3.8, 4) is 0 Å². The van der Waals surface area contributed by atoms with Crippen LogP contribution in [0.15, 0.2) is 11.0 Å². The van der Waals surface area contributed by atoms with Crippen LogP contribution in [0.3, 0.4) is 0 Å². The zero-order valence-corrected chi connectivity index (χ0v) is 6.74. The molecule has 0 spiro atoms. The third kappa shape index (κ3) is 1.20. The van der Waals surface area contributed by atoms with Crippen molar-refractivity contribution in [2.45, 2.75) is 6.92 Å². The number of nitrogens with zero attached hydrogens (tertiary/aromatic N) is 2. The van der Waals surface area contributed by atoms with Gasteiger partial charge in [-0.3, -0.25) is 4.57 Å². The molecule has 1 rings (SSSR count). The summed E-state index contributed by atoms with van der Waals surface area (Å²) in [5, 5.41) is 8.63. The third-order valence-corrected chi connectivity index (χ3v) is 1.71. The van der Waals surface area contributed by atoms with E-state index in [-0.39, 0.29) is 5.56 Å². The van der Waals surface area contributed by atoms with Gasteiger partial charge in [-0.1, -0.05) is 0 Å². The third-order valence-electron chi connectivity index (χ3n) is 1.71. The predicted molar refractivity (Wildman–Crippen MR) is 41.2 cm³/mol. The maximum Gasteiger partial charge on any atom is 0.347 e. The molecule has 1 heterocycles. The van der Waals surface area contributed by atoms with Crippen LogP contribution in [0.25, 0.3) is 0 Å². The van der Waals surface area contributed by atoms with E-state index in [0.717, 1.165) is 6.20 Å². The number of aromatic nitrogens is 2. The highest BCUT2D eigenvalue weighted by Gasteiger charge is 2.09. The molecule has 0 aliphatic heterocycles. The normalized spacial score (nSPS) is 9.83. The van der Waals surface area contributed by atoms with Gasteiger partial charge in [0.1, 0.15) is 0 Å². The quantitative estimate of drug-likeness (QED) is 0.629. The first kappa shape index (κ1) is 8.45. The molecule has 5 nitrogen and oxygen atoms in total. The topological polar surface area (TPSA) is 72.2 Å². The molecule has 0 radical (unpaired) electrons. The second kappa shape index (κ2) is 2.77. The van der Waals surface area contributed by atoms with Crippen molar-refractivity contribution in [3.63, 3.8) is 0 Å². The van der Waals surface area contributed by atoms with E-state index in [2.05, 4.69) is 4.98 Å². The lowest BCUT2D eigenvalue weighted by Crippen LogP contribution is -2.24. The van der Waals surface area contributed by atoms with E-state index >= 15 is 0 Å². The van der Waals surface area contributed by atoms with Gasteiger partial charge < -0.3 is 5.11 Å². The van der Waals surface area contributed by atoms with Gasteiger partial charge in [-0.25, -0.2) is 14.6 Å². The minimum atomic E-state index is -1.07. The van der Waals surface area contributed by atoms with E-state index in [9.17, 15) is 9.59 Å². The SMILES string of the molecule is Cc1c(C(=O)O)cnc(=O)n1C. The van der Waals surface area contributed by atoms with Crippen LogP contribution in [0.5, 0.6) is 0 Å². The molecule has 0 aromatic carbocycles. The molecule has 0 fully saturated rings. The van der Waals surface area contributed by atoms with Crippen LogP contribution in [-0.2, 0) is 7.05 Å². The van der Waals surface area contributed by atoms with Crippen LogP contribution in [-0.4, -0.2) is 20.6 Å². The summed E-state index contributed by atoms with van der Waals surface area (Å²) in [6.07, 6.45) is 1.07. The van der Waals surface area contributed by atoms with Crippen LogP contribution in [0, 0.1) is 6.92 Å². The van der Waals surface area contributed by atoms with E-state index in [1.165, 1.54) is 11.6 Å². The molecule has 0 unspecified atom stereocenters. The molecular weight excluding hydrogens is 160 g/mol. The van der Waals surface area contributed by atoms with E-state index in [1.807, 2.05) is 0 Å². The minimum absolute atomic E-state index is 0.0529. The average molecular weight is 168 g/mol. The first-order valence-corrected chi connectivity index (χ1v) is 3.30. The minimum Gasteiger partial charge on any atom is -0.478 e. The first-order chi connectivity index (χ1) is 5.54. The molecule has 1 aromatic heterocycles. The summed E-state index contributed by atoms with van der Waals surface area (Å²) >= 11 is 0. The number of hydrogen-bond donors (Lipinski definition) is 1. The Morgan fingerprint density at radius 2 is 2.25 bits per heavy atom. The molecular formula is C7H8N2O3. The molecule has 0 saturated heterocycles. The zero-order chi connectivity index (χ0) is 9.30. The lowest BCUT2D eigenvalue weighted by molar-refractivity contribution is 0.0694. The van der Waals surface area contributed by atoms with Gasteiger partial charge in [-0.05, 0) is 6.92 Å². The molecule has 12 heavy (non-hydrogen) atoms. The van der Waals surface area contributed by atoms with Crippen molar-refractivity contribution in [1.82, 2.24) is 9.55 Å². The van der Waals surface area contributed by atoms with Gasteiger partial charge in [-0.15, -0.1) is 0 Å². The van der Waals surface area contributed by atoms with Gasteiger partial charge in [0.05, 0.1) is 5.56 Å². The largest absolute Gasteiger partial charge is 0.478 e. The summed E-state index contributed by atoms with van der Waals surface area (Å²) in [4.78, 5) is 24.8. The Morgan fingerprint density at radius 3 is 2.75 bits per heavy atom. The zero-order valence-electron chi connectivity index (χ0n) is 6.74. The Kier molecular flexibility index (Phi) is 1.95. The number of carboxylic acids is 1. The van der Waals surface area contributed by atoms with Gasteiger partial charge >= 0.3 is 11.7 Å². The molecule has 64 valence electrons. The van der Waals surface area contributed by atoms with Crippen LogP contribution in [0.4, 0.5) is 0 Å². The van der Waals surface area contributed by atoms with E-state index in [1.54, 1.807) is 6.92 Å². The fraction of sp³-hybridized carbons (Fsp3) is 0.286. The predicted octanol–water partition coefficient (Wildman–Crippen LogP) is -0.213. The van der Waals surface area contributed by atoms with Gasteiger partial charge in [0.2, 0.25) is 0 Å². The standard InChI is InChI=1S/C7H8N2O3/c1-4-5(6(10)11)3-8-7(12)9(4)2/h3H,1-2H3,(H,10,11). The van der Waals surface area contributed by atoms with Crippen molar-refractivity contribution in [2.75, 3.05) is 0 Å².